The maximum Gasteiger partial charge on any atom is 0.212 e. The number of nitrogens with two attached hydrogens (primary N) is 1. The van der Waals surface area contributed by atoms with Crippen LogP contribution < -0.4 is 16.5 Å². The minimum Gasteiger partial charge on any atom is -0.394 e. The van der Waals surface area contributed by atoms with Crippen molar-refractivity contribution in [2.45, 2.75) is 70.9 Å². The summed E-state index contributed by atoms with van der Waals surface area (Å²) < 4.78 is 16.7. The van der Waals surface area contributed by atoms with E-state index < -0.39 is 0 Å². The predicted molar refractivity (Wildman–Crippen MR) is 103 cm³/mol. The summed E-state index contributed by atoms with van der Waals surface area (Å²) >= 11 is 0. The molecule has 1 aromatic heterocycles. The summed E-state index contributed by atoms with van der Waals surface area (Å²) in [5.41, 5.74) is 7.03. The molecule has 0 saturated heterocycles. The average molecular weight is 345 g/mol. The lowest BCUT2D eigenvalue weighted by atomic mass is 9.95. The number of rotatable bonds is 5. The average Bonchev–Trinajstić information content (AvgIpc) is 2.62. The standard InChI is InChI=1S/C20H28FN3O/c1-3-14(4-2)24-12-17(22)20(25)15-10-16(21)18(11-19(15)24)23-13-8-6-5-7-9-13/h10-14,23H,3-9,22H2,1-2H3. The van der Waals surface area contributed by atoms with Crippen LogP contribution in [0.5, 0.6) is 0 Å². The van der Waals surface area contributed by atoms with Crippen molar-refractivity contribution in [2.24, 2.45) is 0 Å². The molecular formula is C20H28FN3O. The predicted octanol–water partition coefficient (Wildman–Crippen LogP) is 4.83. The van der Waals surface area contributed by atoms with Gasteiger partial charge in [-0.05, 0) is 37.8 Å². The SMILES string of the molecule is CCC(CC)n1cc(N)c(=O)c2cc(F)c(NC3CCCCC3)cc21. The second-order valence-corrected chi connectivity index (χ2v) is 7.12. The number of benzene rings is 1. The van der Waals surface area contributed by atoms with Gasteiger partial charge in [-0.15, -0.1) is 0 Å². The van der Waals surface area contributed by atoms with Crippen molar-refractivity contribution in [3.63, 3.8) is 0 Å². The lowest BCUT2D eigenvalue weighted by Crippen LogP contribution is -2.23. The third-order valence-electron chi connectivity index (χ3n) is 5.45. The van der Waals surface area contributed by atoms with Gasteiger partial charge in [0.15, 0.2) is 0 Å². The number of nitrogen functional groups attached to an aromatic ring is 1. The first kappa shape index (κ1) is 17.8. The molecule has 0 amide bonds. The number of nitrogens with one attached hydrogen (secondary N) is 1. The maximum atomic E-state index is 14.6. The van der Waals surface area contributed by atoms with Crippen molar-refractivity contribution in [2.75, 3.05) is 11.1 Å². The number of anilines is 2. The molecule has 25 heavy (non-hydrogen) atoms. The van der Waals surface area contributed by atoms with E-state index in [0.717, 1.165) is 31.2 Å². The number of nitrogens with zero attached hydrogens (tertiary/aromatic N) is 1. The minimum absolute atomic E-state index is 0.173. The van der Waals surface area contributed by atoms with Gasteiger partial charge in [0.25, 0.3) is 0 Å². The zero-order valence-corrected chi connectivity index (χ0v) is 15.1. The van der Waals surface area contributed by atoms with Crippen LogP contribution in [0.3, 0.4) is 0 Å². The van der Waals surface area contributed by atoms with Crippen molar-refractivity contribution in [3.05, 3.63) is 34.4 Å². The highest BCUT2D eigenvalue weighted by Gasteiger charge is 2.18. The van der Waals surface area contributed by atoms with Gasteiger partial charge < -0.3 is 15.6 Å². The minimum atomic E-state index is -0.378. The number of hydrogen-bond acceptors (Lipinski definition) is 3. The Hall–Kier alpha value is -2.04. The Morgan fingerprint density at radius 2 is 1.92 bits per heavy atom. The number of halogens is 1. The molecule has 5 heteroatoms. The fourth-order valence-corrected chi connectivity index (χ4v) is 3.95. The summed E-state index contributed by atoms with van der Waals surface area (Å²) in [6.45, 7) is 4.22. The maximum absolute atomic E-state index is 14.6. The Labute approximate surface area is 148 Å². The van der Waals surface area contributed by atoms with Gasteiger partial charge in [0, 0.05) is 18.3 Å². The van der Waals surface area contributed by atoms with E-state index in [4.69, 9.17) is 5.73 Å². The van der Waals surface area contributed by atoms with Crippen molar-refractivity contribution >= 4 is 22.3 Å². The zero-order chi connectivity index (χ0) is 18.0. The number of hydrogen-bond donors (Lipinski definition) is 2. The number of aromatic nitrogens is 1. The molecule has 1 aliphatic carbocycles. The molecule has 1 aliphatic rings. The monoisotopic (exact) mass is 345 g/mol. The van der Waals surface area contributed by atoms with E-state index in [1.54, 1.807) is 12.3 Å². The Balaban J connectivity index is 2.11. The van der Waals surface area contributed by atoms with Crippen LogP contribution in [-0.4, -0.2) is 10.6 Å². The van der Waals surface area contributed by atoms with E-state index in [1.165, 1.54) is 25.3 Å². The molecule has 0 atom stereocenters. The molecular weight excluding hydrogens is 317 g/mol. The largest absolute Gasteiger partial charge is 0.394 e. The molecule has 0 aliphatic heterocycles. The van der Waals surface area contributed by atoms with Crippen LogP contribution in [-0.2, 0) is 0 Å². The van der Waals surface area contributed by atoms with E-state index in [1.807, 2.05) is 4.57 Å². The molecule has 4 nitrogen and oxygen atoms in total. The van der Waals surface area contributed by atoms with E-state index in [0.29, 0.717) is 17.1 Å². The van der Waals surface area contributed by atoms with Crippen molar-refractivity contribution < 1.29 is 4.39 Å². The summed E-state index contributed by atoms with van der Waals surface area (Å²) in [5, 5.41) is 3.72. The summed E-state index contributed by atoms with van der Waals surface area (Å²) in [6.07, 6.45) is 9.32. The molecule has 0 radical (unpaired) electrons. The summed E-state index contributed by atoms with van der Waals surface area (Å²) in [4.78, 5) is 12.4. The molecule has 0 spiro atoms. The van der Waals surface area contributed by atoms with Crippen LogP contribution in [0.1, 0.15) is 64.8 Å². The second-order valence-electron chi connectivity index (χ2n) is 7.12. The molecule has 3 rings (SSSR count). The Morgan fingerprint density at radius 3 is 2.56 bits per heavy atom. The van der Waals surface area contributed by atoms with Crippen LogP contribution >= 0.6 is 0 Å². The van der Waals surface area contributed by atoms with Crippen LogP contribution in [0.2, 0.25) is 0 Å². The normalized spacial score (nSPS) is 15.8. The third kappa shape index (κ3) is 3.51. The van der Waals surface area contributed by atoms with E-state index >= 15 is 0 Å². The van der Waals surface area contributed by atoms with Crippen molar-refractivity contribution in [1.29, 1.82) is 0 Å². The Morgan fingerprint density at radius 1 is 1.24 bits per heavy atom. The number of fused-ring (bicyclic) bond motifs is 1. The van der Waals surface area contributed by atoms with Gasteiger partial charge in [-0.1, -0.05) is 33.1 Å². The van der Waals surface area contributed by atoms with Crippen molar-refractivity contribution in [3.8, 4) is 0 Å². The summed E-state index contributed by atoms with van der Waals surface area (Å²) in [6, 6.07) is 3.68. The third-order valence-corrected chi connectivity index (χ3v) is 5.45. The molecule has 3 N–H and O–H groups in total. The van der Waals surface area contributed by atoms with Gasteiger partial charge in [0.05, 0.1) is 22.3 Å². The summed E-state index contributed by atoms with van der Waals surface area (Å²) in [7, 11) is 0. The number of pyridine rings is 1. The quantitative estimate of drug-likeness (QED) is 0.816. The molecule has 0 unspecified atom stereocenters. The highest BCUT2D eigenvalue weighted by atomic mass is 19.1. The first-order chi connectivity index (χ1) is 12.0. The van der Waals surface area contributed by atoms with Gasteiger partial charge in [-0.3, -0.25) is 4.79 Å². The molecule has 0 bridgehead atoms. The highest BCUT2D eigenvalue weighted by molar-refractivity contribution is 5.85. The van der Waals surface area contributed by atoms with Crippen LogP contribution in [0.15, 0.2) is 23.1 Å². The van der Waals surface area contributed by atoms with E-state index in [9.17, 15) is 9.18 Å². The van der Waals surface area contributed by atoms with Gasteiger partial charge >= 0.3 is 0 Å². The summed E-state index contributed by atoms with van der Waals surface area (Å²) in [5.74, 6) is -0.378. The Kier molecular flexibility index (Phi) is 5.30. The smallest absolute Gasteiger partial charge is 0.212 e. The molecule has 1 fully saturated rings. The van der Waals surface area contributed by atoms with Crippen molar-refractivity contribution in [1.82, 2.24) is 4.57 Å². The topological polar surface area (TPSA) is 60.0 Å². The fourth-order valence-electron chi connectivity index (χ4n) is 3.95. The van der Waals surface area contributed by atoms with Crippen LogP contribution in [0.25, 0.3) is 10.9 Å². The molecule has 2 aromatic rings. The molecule has 1 heterocycles. The first-order valence-corrected chi connectivity index (χ1v) is 9.45. The zero-order valence-electron chi connectivity index (χ0n) is 15.1. The van der Waals surface area contributed by atoms with Crippen LogP contribution in [0.4, 0.5) is 15.8 Å². The molecule has 1 saturated carbocycles. The highest BCUT2D eigenvalue weighted by Crippen LogP contribution is 2.29. The van der Waals surface area contributed by atoms with Gasteiger partial charge in [0.2, 0.25) is 5.43 Å². The van der Waals surface area contributed by atoms with E-state index in [2.05, 4.69) is 19.2 Å². The molecule has 136 valence electrons. The van der Waals surface area contributed by atoms with Crippen LogP contribution in [0, 0.1) is 5.82 Å². The van der Waals surface area contributed by atoms with Gasteiger partial charge in [-0.2, -0.15) is 0 Å². The van der Waals surface area contributed by atoms with Gasteiger partial charge in [-0.25, -0.2) is 4.39 Å². The Bertz CT molecular complexity index is 805. The van der Waals surface area contributed by atoms with Gasteiger partial charge in [0.1, 0.15) is 5.82 Å². The second kappa shape index (κ2) is 7.46. The lowest BCUT2D eigenvalue weighted by molar-refractivity contribution is 0.460. The lowest BCUT2D eigenvalue weighted by Gasteiger charge is -2.25. The first-order valence-electron chi connectivity index (χ1n) is 9.45. The van der Waals surface area contributed by atoms with E-state index in [-0.39, 0.29) is 23.0 Å². The fraction of sp³-hybridized carbons (Fsp3) is 0.550. The molecule has 1 aromatic carbocycles.